The summed E-state index contributed by atoms with van der Waals surface area (Å²) < 4.78 is 2.39. The zero-order valence-electron chi connectivity index (χ0n) is 12.2. The summed E-state index contributed by atoms with van der Waals surface area (Å²) in [6.45, 7) is 5.61. The molecule has 0 aliphatic heterocycles. The first-order chi connectivity index (χ1) is 9.96. The Balaban J connectivity index is 2.64. The third kappa shape index (κ3) is 2.57. The minimum absolute atomic E-state index is 0.409. The monoisotopic (exact) mass is 352 g/mol. The van der Waals surface area contributed by atoms with Gasteiger partial charge >= 0.3 is 5.97 Å². The van der Waals surface area contributed by atoms with Crippen molar-refractivity contribution in [1.29, 1.82) is 0 Å². The molecule has 6 nitrogen and oxygen atoms in total. The van der Waals surface area contributed by atoms with Gasteiger partial charge in [-0.15, -0.1) is 5.10 Å². The second-order valence-corrected chi connectivity index (χ2v) is 5.83. The summed E-state index contributed by atoms with van der Waals surface area (Å²) in [6, 6.07) is 5.73. The summed E-state index contributed by atoms with van der Waals surface area (Å²) in [4.78, 5) is 11.8. The van der Waals surface area contributed by atoms with Gasteiger partial charge in [0, 0.05) is 10.0 Å². The molecule has 0 bridgehead atoms. The van der Waals surface area contributed by atoms with Crippen LogP contribution in [0.2, 0.25) is 0 Å². The van der Waals surface area contributed by atoms with Crippen molar-refractivity contribution in [3.05, 3.63) is 28.2 Å². The van der Waals surface area contributed by atoms with E-state index in [-0.39, 0.29) is 0 Å². The topological polar surface area (TPSA) is 80.9 Å². The van der Waals surface area contributed by atoms with E-state index in [1.165, 1.54) is 4.68 Å². The van der Waals surface area contributed by atoms with Crippen LogP contribution in [-0.4, -0.2) is 31.3 Å². The standard InChI is InChI=1S/C14H17BrN4O2/c1-4-14(5-2,13(20)21)19-12(16-17-18-19)11-7-6-10(15)8-9(11)3/h6-8H,4-5H2,1-3H3,(H,20,21). The summed E-state index contributed by atoms with van der Waals surface area (Å²) in [7, 11) is 0. The lowest BCUT2D eigenvalue weighted by atomic mass is 9.92. The van der Waals surface area contributed by atoms with Gasteiger partial charge < -0.3 is 5.11 Å². The molecule has 0 spiro atoms. The molecule has 1 heterocycles. The Bertz CT molecular complexity index is 665. The summed E-state index contributed by atoms with van der Waals surface area (Å²) in [5.41, 5.74) is 0.681. The number of aryl methyl sites for hydroxylation is 1. The molecule has 0 saturated heterocycles. The Labute approximate surface area is 131 Å². The second-order valence-electron chi connectivity index (χ2n) is 4.92. The van der Waals surface area contributed by atoms with Gasteiger partial charge in [-0.05, 0) is 54.0 Å². The number of hydrogen-bond acceptors (Lipinski definition) is 4. The van der Waals surface area contributed by atoms with Crippen LogP contribution in [0.1, 0.15) is 32.3 Å². The van der Waals surface area contributed by atoms with E-state index in [0.717, 1.165) is 15.6 Å². The predicted octanol–water partition coefficient (Wildman–Crippen LogP) is 3.01. The minimum atomic E-state index is -1.13. The molecule has 0 fully saturated rings. The van der Waals surface area contributed by atoms with Gasteiger partial charge in [0.05, 0.1) is 0 Å². The largest absolute Gasteiger partial charge is 0.479 e. The predicted molar refractivity (Wildman–Crippen MR) is 81.9 cm³/mol. The zero-order valence-corrected chi connectivity index (χ0v) is 13.8. The summed E-state index contributed by atoms with van der Waals surface area (Å²) in [6.07, 6.45) is 0.818. The molecule has 0 aliphatic rings. The van der Waals surface area contributed by atoms with Gasteiger partial charge in [0.2, 0.25) is 0 Å². The summed E-state index contributed by atoms with van der Waals surface area (Å²) >= 11 is 3.42. The number of benzene rings is 1. The fourth-order valence-electron chi connectivity index (χ4n) is 2.46. The molecule has 0 unspecified atom stereocenters. The molecule has 0 atom stereocenters. The van der Waals surface area contributed by atoms with E-state index >= 15 is 0 Å². The van der Waals surface area contributed by atoms with E-state index in [0.29, 0.717) is 18.7 Å². The van der Waals surface area contributed by atoms with Crippen LogP contribution >= 0.6 is 15.9 Å². The van der Waals surface area contributed by atoms with Gasteiger partial charge in [-0.1, -0.05) is 29.8 Å². The normalized spacial score (nSPS) is 11.6. The van der Waals surface area contributed by atoms with E-state index in [1.54, 1.807) is 0 Å². The van der Waals surface area contributed by atoms with Crippen LogP contribution in [0.15, 0.2) is 22.7 Å². The van der Waals surface area contributed by atoms with Crippen molar-refractivity contribution >= 4 is 21.9 Å². The van der Waals surface area contributed by atoms with Crippen molar-refractivity contribution in [2.75, 3.05) is 0 Å². The maximum atomic E-state index is 11.8. The number of rotatable bonds is 5. The van der Waals surface area contributed by atoms with E-state index < -0.39 is 11.5 Å². The van der Waals surface area contributed by atoms with Gasteiger partial charge in [0.15, 0.2) is 11.4 Å². The molecular weight excluding hydrogens is 336 g/mol. The third-order valence-corrected chi connectivity index (χ3v) is 4.37. The van der Waals surface area contributed by atoms with Crippen LogP contribution in [0.5, 0.6) is 0 Å². The molecule has 2 aromatic rings. The van der Waals surface area contributed by atoms with E-state index in [2.05, 4.69) is 31.5 Å². The molecule has 21 heavy (non-hydrogen) atoms. The van der Waals surface area contributed by atoms with Crippen LogP contribution in [0.4, 0.5) is 0 Å². The number of nitrogens with zero attached hydrogens (tertiary/aromatic N) is 4. The lowest BCUT2D eigenvalue weighted by Gasteiger charge is -2.27. The summed E-state index contributed by atoms with van der Waals surface area (Å²) in [5.74, 6) is -0.443. The second kappa shape index (κ2) is 5.93. The molecule has 7 heteroatoms. The average Bonchev–Trinajstić information content (AvgIpc) is 2.90. The molecule has 1 N–H and O–H groups in total. The van der Waals surface area contributed by atoms with Gasteiger partial charge in [-0.25, -0.2) is 9.48 Å². The number of halogens is 1. The van der Waals surface area contributed by atoms with Crippen molar-refractivity contribution in [2.45, 2.75) is 39.2 Å². The van der Waals surface area contributed by atoms with E-state index in [1.807, 2.05) is 39.0 Å². The Morgan fingerprint density at radius 2 is 2.05 bits per heavy atom. The van der Waals surface area contributed by atoms with Crippen LogP contribution in [0.25, 0.3) is 11.4 Å². The lowest BCUT2D eigenvalue weighted by molar-refractivity contribution is -0.148. The number of carboxylic acids is 1. The fourth-order valence-corrected chi connectivity index (χ4v) is 2.94. The van der Waals surface area contributed by atoms with E-state index in [4.69, 9.17) is 0 Å². The molecule has 1 aromatic heterocycles. The number of aliphatic carboxylic acids is 1. The first-order valence-electron chi connectivity index (χ1n) is 6.75. The van der Waals surface area contributed by atoms with Gasteiger partial charge in [-0.3, -0.25) is 0 Å². The molecule has 1 aromatic carbocycles. The minimum Gasteiger partial charge on any atom is -0.479 e. The molecule has 112 valence electrons. The van der Waals surface area contributed by atoms with Crippen LogP contribution < -0.4 is 0 Å². The Hall–Kier alpha value is -1.76. The molecule has 0 saturated carbocycles. The highest BCUT2D eigenvalue weighted by molar-refractivity contribution is 9.10. The SMILES string of the molecule is CCC(CC)(C(=O)O)n1nnnc1-c1ccc(Br)cc1C. The average molecular weight is 353 g/mol. The van der Waals surface area contributed by atoms with Crippen molar-refractivity contribution in [3.8, 4) is 11.4 Å². The lowest BCUT2D eigenvalue weighted by Crippen LogP contribution is -2.42. The van der Waals surface area contributed by atoms with Crippen molar-refractivity contribution in [3.63, 3.8) is 0 Å². The molecule has 2 rings (SSSR count). The van der Waals surface area contributed by atoms with Crippen LogP contribution in [0, 0.1) is 6.92 Å². The molecule has 0 aliphatic carbocycles. The van der Waals surface area contributed by atoms with Crippen molar-refractivity contribution in [1.82, 2.24) is 20.2 Å². The van der Waals surface area contributed by atoms with Crippen molar-refractivity contribution < 1.29 is 9.90 Å². The number of tetrazole rings is 1. The number of carboxylic acid groups (broad SMARTS) is 1. The molecule has 0 amide bonds. The highest BCUT2D eigenvalue weighted by Gasteiger charge is 2.40. The quantitative estimate of drug-likeness (QED) is 0.894. The highest BCUT2D eigenvalue weighted by atomic mass is 79.9. The first-order valence-corrected chi connectivity index (χ1v) is 7.54. The smallest absolute Gasteiger partial charge is 0.331 e. The molecular formula is C14H17BrN4O2. The van der Waals surface area contributed by atoms with Gasteiger partial charge in [0.25, 0.3) is 0 Å². The van der Waals surface area contributed by atoms with Crippen LogP contribution in [0.3, 0.4) is 0 Å². The fraction of sp³-hybridized carbons (Fsp3) is 0.429. The highest BCUT2D eigenvalue weighted by Crippen LogP contribution is 2.31. The zero-order chi connectivity index (χ0) is 15.6. The first kappa shape index (κ1) is 15.6. The number of aromatic nitrogens is 4. The Morgan fingerprint density at radius 1 is 1.38 bits per heavy atom. The number of hydrogen-bond donors (Lipinski definition) is 1. The Kier molecular flexibility index (Phi) is 4.41. The number of carbonyl (C=O) groups is 1. The molecule has 0 radical (unpaired) electrons. The van der Waals surface area contributed by atoms with Crippen LogP contribution in [-0.2, 0) is 10.3 Å². The van der Waals surface area contributed by atoms with Gasteiger partial charge in [0.1, 0.15) is 0 Å². The van der Waals surface area contributed by atoms with E-state index in [9.17, 15) is 9.90 Å². The third-order valence-electron chi connectivity index (χ3n) is 3.87. The summed E-state index contributed by atoms with van der Waals surface area (Å²) in [5, 5.41) is 21.3. The maximum absolute atomic E-state index is 11.8. The maximum Gasteiger partial charge on any atom is 0.331 e. The van der Waals surface area contributed by atoms with Gasteiger partial charge in [-0.2, -0.15) is 0 Å². The Morgan fingerprint density at radius 3 is 2.57 bits per heavy atom. The van der Waals surface area contributed by atoms with Crippen molar-refractivity contribution in [2.24, 2.45) is 0 Å².